The molecule has 8 nitrogen and oxygen atoms in total. The molecule has 2 heterocycles. The summed E-state index contributed by atoms with van der Waals surface area (Å²) in [5, 5.41) is 5.71. The summed E-state index contributed by atoms with van der Waals surface area (Å²) < 4.78 is 0. The Morgan fingerprint density at radius 1 is 0.886 bits per heavy atom. The Hall–Kier alpha value is -4.98. The number of carbonyl (C=O) groups excluding carboxylic acids is 2. The Kier molecular flexibility index (Phi) is 5.92. The van der Waals surface area contributed by atoms with E-state index >= 15 is 0 Å². The largest absolute Gasteiger partial charge is 0.397 e. The molecule has 2 aromatic heterocycles. The van der Waals surface area contributed by atoms with Crippen molar-refractivity contribution in [2.75, 3.05) is 11.1 Å². The third-order valence-corrected chi connectivity index (χ3v) is 5.56. The first-order valence-corrected chi connectivity index (χ1v) is 11.0. The SMILES string of the molecule is Nc1ccccc1NC(=O)c1ccc(CNC(=O)c2ccc3nc(-c4cccnc4)[nH]c3c2)cc1. The van der Waals surface area contributed by atoms with Gasteiger partial charge in [0.2, 0.25) is 0 Å². The number of aromatic nitrogens is 3. The second-order valence-electron chi connectivity index (χ2n) is 7.98. The predicted octanol–water partition coefficient (Wildman–Crippen LogP) is 4.39. The van der Waals surface area contributed by atoms with E-state index in [1.807, 2.05) is 36.4 Å². The Bertz CT molecular complexity index is 1510. The molecule has 0 saturated heterocycles. The molecule has 0 atom stereocenters. The number of imidazole rings is 1. The summed E-state index contributed by atoms with van der Waals surface area (Å²) in [7, 11) is 0. The fourth-order valence-electron chi connectivity index (χ4n) is 3.65. The van der Waals surface area contributed by atoms with E-state index in [1.165, 1.54) is 0 Å². The number of aromatic amines is 1. The van der Waals surface area contributed by atoms with Crippen molar-refractivity contribution in [1.29, 1.82) is 0 Å². The summed E-state index contributed by atoms with van der Waals surface area (Å²) in [6, 6.07) is 23.2. The van der Waals surface area contributed by atoms with Gasteiger partial charge in [0.05, 0.1) is 22.4 Å². The lowest BCUT2D eigenvalue weighted by atomic mass is 10.1. The van der Waals surface area contributed by atoms with E-state index in [0.29, 0.717) is 34.9 Å². The van der Waals surface area contributed by atoms with Gasteiger partial charge < -0.3 is 21.4 Å². The fourth-order valence-corrected chi connectivity index (χ4v) is 3.65. The molecule has 0 radical (unpaired) electrons. The number of pyridine rings is 1. The van der Waals surface area contributed by atoms with Crippen LogP contribution >= 0.6 is 0 Å². The number of H-pyrrole nitrogens is 1. The van der Waals surface area contributed by atoms with Crippen molar-refractivity contribution in [3.63, 3.8) is 0 Å². The molecule has 3 aromatic carbocycles. The Balaban J connectivity index is 1.22. The molecule has 5 aromatic rings. The first-order chi connectivity index (χ1) is 17.1. The molecule has 172 valence electrons. The second-order valence-corrected chi connectivity index (χ2v) is 7.98. The molecular weight excluding hydrogens is 440 g/mol. The number of hydrogen-bond acceptors (Lipinski definition) is 5. The maximum Gasteiger partial charge on any atom is 0.255 e. The van der Waals surface area contributed by atoms with Gasteiger partial charge in [-0.2, -0.15) is 0 Å². The lowest BCUT2D eigenvalue weighted by Gasteiger charge is -2.09. The van der Waals surface area contributed by atoms with Crippen LogP contribution in [0.4, 0.5) is 11.4 Å². The highest BCUT2D eigenvalue weighted by Crippen LogP contribution is 2.21. The summed E-state index contributed by atoms with van der Waals surface area (Å²) in [5.74, 6) is 0.243. The molecule has 35 heavy (non-hydrogen) atoms. The molecule has 5 N–H and O–H groups in total. The standard InChI is InChI=1S/C27H22N6O2/c28-21-5-1-2-6-22(21)33-27(35)18-9-7-17(8-10-18)15-30-26(34)19-11-12-23-24(14-19)32-25(31-23)20-4-3-13-29-16-20/h1-14,16H,15,28H2,(H,30,34)(H,31,32)(H,33,35). The number of nitrogen functional groups attached to an aromatic ring is 1. The van der Waals surface area contributed by atoms with Crippen LogP contribution in [0.5, 0.6) is 0 Å². The second kappa shape index (κ2) is 9.48. The number of nitrogens with zero attached hydrogens (tertiary/aromatic N) is 2. The summed E-state index contributed by atoms with van der Waals surface area (Å²) in [6.07, 6.45) is 3.44. The molecule has 0 saturated carbocycles. The number of carbonyl (C=O) groups is 2. The average molecular weight is 463 g/mol. The maximum absolute atomic E-state index is 12.7. The van der Waals surface area contributed by atoms with Crippen LogP contribution in [0.15, 0.2) is 91.3 Å². The quantitative estimate of drug-likeness (QED) is 0.279. The van der Waals surface area contributed by atoms with E-state index in [-0.39, 0.29) is 11.8 Å². The monoisotopic (exact) mass is 462 g/mol. The van der Waals surface area contributed by atoms with Gasteiger partial charge in [-0.05, 0) is 60.2 Å². The minimum Gasteiger partial charge on any atom is -0.397 e. The number of rotatable bonds is 6. The Morgan fingerprint density at radius 2 is 1.69 bits per heavy atom. The van der Waals surface area contributed by atoms with Gasteiger partial charge in [-0.1, -0.05) is 24.3 Å². The van der Waals surface area contributed by atoms with Crippen LogP contribution in [0, 0.1) is 0 Å². The first-order valence-electron chi connectivity index (χ1n) is 11.0. The average Bonchev–Trinajstić information content (AvgIpc) is 3.33. The lowest BCUT2D eigenvalue weighted by Crippen LogP contribution is -2.22. The van der Waals surface area contributed by atoms with Crippen molar-refractivity contribution < 1.29 is 9.59 Å². The predicted molar refractivity (Wildman–Crippen MR) is 136 cm³/mol. The van der Waals surface area contributed by atoms with Crippen LogP contribution in [0.3, 0.4) is 0 Å². The van der Waals surface area contributed by atoms with Gasteiger partial charge in [0.25, 0.3) is 11.8 Å². The highest BCUT2D eigenvalue weighted by atomic mass is 16.2. The van der Waals surface area contributed by atoms with E-state index in [9.17, 15) is 9.59 Å². The lowest BCUT2D eigenvalue weighted by molar-refractivity contribution is 0.0950. The van der Waals surface area contributed by atoms with E-state index < -0.39 is 0 Å². The Morgan fingerprint density at radius 3 is 2.46 bits per heavy atom. The highest BCUT2D eigenvalue weighted by Gasteiger charge is 2.11. The van der Waals surface area contributed by atoms with Crippen LogP contribution in [0.2, 0.25) is 0 Å². The smallest absolute Gasteiger partial charge is 0.255 e. The molecule has 0 fully saturated rings. The minimum absolute atomic E-state index is 0.203. The van der Waals surface area contributed by atoms with E-state index in [0.717, 1.165) is 22.2 Å². The zero-order valence-electron chi connectivity index (χ0n) is 18.7. The van der Waals surface area contributed by atoms with Crippen LogP contribution in [-0.2, 0) is 6.54 Å². The van der Waals surface area contributed by atoms with Crippen molar-refractivity contribution in [3.8, 4) is 11.4 Å². The van der Waals surface area contributed by atoms with E-state index in [4.69, 9.17) is 5.73 Å². The van der Waals surface area contributed by atoms with Gasteiger partial charge in [0.1, 0.15) is 5.82 Å². The molecule has 0 spiro atoms. The molecule has 0 aliphatic rings. The molecular formula is C27H22N6O2. The van der Waals surface area contributed by atoms with Crippen molar-refractivity contribution in [1.82, 2.24) is 20.3 Å². The van der Waals surface area contributed by atoms with Crippen molar-refractivity contribution in [3.05, 3.63) is 108 Å². The van der Waals surface area contributed by atoms with Crippen LogP contribution in [0.1, 0.15) is 26.3 Å². The number of nitrogens with one attached hydrogen (secondary N) is 3. The number of anilines is 2. The van der Waals surface area contributed by atoms with Gasteiger partial charge in [-0.25, -0.2) is 4.98 Å². The zero-order valence-corrected chi connectivity index (χ0v) is 18.7. The summed E-state index contributed by atoms with van der Waals surface area (Å²) in [5.41, 5.74) is 11.3. The summed E-state index contributed by atoms with van der Waals surface area (Å²) in [4.78, 5) is 37.1. The fraction of sp³-hybridized carbons (Fsp3) is 0.0370. The summed E-state index contributed by atoms with van der Waals surface area (Å²) in [6.45, 7) is 0.328. The molecule has 0 aliphatic carbocycles. The normalized spacial score (nSPS) is 10.7. The number of para-hydroxylation sites is 2. The van der Waals surface area contributed by atoms with Crippen LogP contribution < -0.4 is 16.4 Å². The van der Waals surface area contributed by atoms with E-state index in [1.54, 1.807) is 54.9 Å². The molecule has 0 aliphatic heterocycles. The van der Waals surface area contributed by atoms with Crippen LogP contribution in [-0.4, -0.2) is 26.8 Å². The first kappa shape index (κ1) is 21.8. The van der Waals surface area contributed by atoms with Gasteiger partial charge in [0, 0.05) is 35.6 Å². The number of hydrogen-bond donors (Lipinski definition) is 4. The minimum atomic E-state index is -0.253. The topological polar surface area (TPSA) is 126 Å². The van der Waals surface area contributed by atoms with E-state index in [2.05, 4.69) is 25.6 Å². The van der Waals surface area contributed by atoms with Crippen molar-refractivity contribution in [2.45, 2.75) is 6.54 Å². The maximum atomic E-state index is 12.7. The van der Waals surface area contributed by atoms with Crippen LogP contribution in [0.25, 0.3) is 22.4 Å². The molecule has 0 bridgehead atoms. The third kappa shape index (κ3) is 4.86. The number of nitrogens with two attached hydrogens (primary N) is 1. The number of fused-ring (bicyclic) bond motifs is 1. The number of benzene rings is 3. The third-order valence-electron chi connectivity index (χ3n) is 5.56. The molecule has 0 unspecified atom stereocenters. The van der Waals surface area contributed by atoms with Crippen molar-refractivity contribution in [2.24, 2.45) is 0 Å². The molecule has 8 heteroatoms. The van der Waals surface area contributed by atoms with Crippen molar-refractivity contribution >= 4 is 34.2 Å². The van der Waals surface area contributed by atoms with Gasteiger partial charge in [-0.3, -0.25) is 14.6 Å². The molecule has 2 amide bonds. The number of amides is 2. The highest BCUT2D eigenvalue weighted by molar-refractivity contribution is 6.05. The van der Waals surface area contributed by atoms with Gasteiger partial charge in [-0.15, -0.1) is 0 Å². The zero-order chi connectivity index (χ0) is 24.2. The van der Waals surface area contributed by atoms with Gasteiger partial charge >= 0.3 is 0 Å². The summed E-state index contributed by atoms with van der Waals surface area (Å²) >= 11 is 0. The molecule has 5 rings (SSSR count). The van der Waals surface area contributed by atoms with Gasteiger partial charge in [0.15, 0.2) is 0 Å². The Labute approximate surface area is 201 Å².